The molecular weight excluding hydrogens is 502 g/mol. The summed E-state index contributed by atoms with van der Waals surface area (Å²) in [6.07, 6.45) is 1.10. The van der Waals surface area contributed by atoms with Crippen LogP contribution in [0.15, 0.2) is 0 Å². The molecule has 3 rings (SSSR count). The summed E-state index contributed by atoms with van der Waals surface area (Å²) in [6, 6.07) is 1.98. The molecule has 0 saturated carbocycles. The largest absolute Gasteiger partial charge is 0.396 e. The highest BCUT2D eigenvalue weighted by Crippen LogP contribution is 2.27. The predicted molar refractivity (Wildman–Crippen MR) is 160 cm³/mol. The maximum absolute atomic E-state index is 10.8. The molecular formula is C28H63N5O4S. The van der Waals surface area contributed by atoms with Gasteiger partial charge in [0.25, 0.3) is 10.1 Å². The van der Waals surface area contributed by atoms with Crippen LogP contribution in [0.2, 0.25) is 0 Å². The Labute approximate surface area is 235 Å². The van der Waals surface area contributed by atoms with Gasteiger partial charge in [-0.05, 0) is 83.6 Å². The number of nitrogens with zero attached hydrogens (tertiary/aromatic N) is 3. The number of aliphatic hydroxyl groups is 1. The lowest BCUT2D eigenvalue weighted by Crippen LogP contribution is -2.53. The number of hydrogen-bond donors (Lipinski definition) is 3. The van der Waals surface area contributed by atoms with E-state index >= 15 is 0 Å². The average Bonchev–Trinajstić information content (AvgIpc) is 2.68. The Hall–Kier alpha value is -0.330. The second-order valence-electron chi connectivity index (χ2n) is 12.8. The van der Waals surface area contributed by atoms with Crippen molar-refractivity contribution >= 4 is 10.1 Å². The quantitative estimate of drug-likeness (QED) is 0.323. The van der Waals surface area contributed by atoms with Crippen LogP contribution in [0.4, 0.5) is 0 Å². The van der Waals surface area contributed by atoms with E-state index in [-0.39, 0.29) is 6.15 Å². The van der Waals surface area contributed by atoms with Crippen LogP contribution >= 0.6 is 0 Å². The van der Waals surface area contributed by atoms with Gasteiger partial charge in [-0.1, -0.05) is 20.8 Å². The Morgan fingerprint density at radius 2 is 1.03 bits per heavy atom. The first kappa shape index (κ1) is 37.7. The van der Waals surface area contributed by atoms with Crippen molar-refractivity contribution in [1.29, 1.82) is 0 Å². The highest BCUT2D eigenvalue weighted by atomic mass is 32.2. The summed E-state index contributed by atoms with van der Waals surface area (Å²) in [4.78, 5) is 7.31. The molecule has 9 nitrogen and oxygen atoms in total. The van der Waals surface area contributed by atoms with Gasteiger partial charge in [-0.3, -0.25) is 4.18 Å². The molecule has 3 unspecified atom stereocenters. The second kappa shape index (κ2) is 17.5. The molecule has 6 N–H and O–H groups in total. The van der Waals surface area contributed by atoms with Gasteiger partial charge in [0.1, 0.15) is 0 Å². The SMILES string of the molecule is CC(CN)C1CN(C(C)C)C1.CC(CO)C1CN(C(C)C)C1.CC(COS(C)(=O)=O)C1CN(C(C)C)C1.N. The molecule has 3 heterocycles. The summed E-state index contributed by atoms with van der Waals surface area (Å²) < 4.78 is 26.4. The normalized spacial score (nSPS) is 22.3. The number of aliphatic hydroxyl groups excluding tert-OH is 1. The molecule has 0 amide bonds. The van der Waals surface area contributed by atoms with Crippen molar-refractivity contribution < 1.29 is 17.7 Å². The minimum absolute atomic E-state index is 0. The molecule has 10 heteroatoms. The van der Waals surface area contributed by atoms with E-state index in [0.717, 1.165) is 43.8 Å². The van der Waals surface area contributed by atoms with Gasteiger partial charge in [0.2, 0.25) is 0 Å². The highest BCUT2D eigenvalue weighted by molar-refractivity contribution is 7.85. The fraction of sp³-hybridized carbons (Fsp3) is 1.00. The van der Waals surface area contributed by atoms with E-state index in [1.54, 1.807) is 0 Å². The van der Waals surface area contributed by atoms with Crippen LogP contribution in [0, 0.1) is 35.5 Å². The molecule has 3 atom stereocenters. The first-order valence-electron chi connectivity index (χ1n) is 14.5. The minimum atomic E-state index is -3.28. The van der Waals surface area contributed by atoms with Crippen LogP contribution in [0.25, 0.3) is 0 Å². The number of rotatable bonds is 11. The highest BCUT2D eigenvalue weighted by Gasteiger charge is 2.33. The van der Waals surface area contributed by atoms with Crippen LogP contribution in [0.3, 0.4) is 0 Å². The molecule has 0 radical (unpaired) electrons. The molecule has 38 heavy (non-hydrogen) atoms. The monoisotopic (exact) mass is 565 g/mol. The zero-order valence-electron chi connectivity index (χ0n) is 26.3. The molecule has 3 aliphatic rings. The fourth-order valence-corrected chi connectivity index (χ4v) is 5.16. The summed E-state index contributed by atoms with van der Waals surface area (Å²) in [5.74, 6) is 3.70. The standard InChI is InChI=1S/C10H21NO3S.C9H20N2.C9H19NO.H3N/c1-8(2)11-5-10(6-11)9(3)7-14-15(4,12)13;1-7(2)11-5-9(6-11)8(3)4-10;1-7(2)10-4-9(5-10)8(3)6-11;/h8-10H,5-7H2,1-4H3;7-9H,4-6,10H2,1-3H3;7-9,11H,4-6H2,1-3H3;1H3. The Morgan fingerprint density at radius 3 is 1.29 bits per heavy atom. The van der Waals surface area contributed by atoms with E-state index in [9.17, 15) is 8.42 Å². The van der Waals surface area contributed by atoms with Gasteiger partial charge < -0.3 is 31.7 Å². The van der Waals surface area contributed by atoms with Crippen LogP contribution in [0.5, 0.6) is 0 Å². The second-order valence-corrected chi connectivity index (χ2v) is 14.4. The summed E-state index contributed by atoms with van der Waals surface area (Å²) in [5, 5.41) is 8.88. The van der Waals surface area contributed by atoms with Gasteiger partial charge in [-0.15, -0.1) is 0 Å². The molecule has 0 aromatic rings. The Bertz CT molecular complexity index is 689. The van der Waals surface area contributed by atoms with Crippen molar-refractivity contribution in [2.24, 2.45) is 41.2 Å². The topological polar surface area (TPSA) is 134 Å². The summed E-state index contributed by atoms with van der Waals surface area (Å²) >= 11 is 0. The van der Waals surface area contributed by atoms with E-state index in [4.69, 9.17) is 15.0 Å². The molecule has 0 spiro atoms. The smallest absolute Gasteiger partial charge is 0.264 e. The molecule has 0 bridgehead atoms. The molecule has 3 aliphatic heterocycles. The number of hydrogen-bond acceptors (Lipinski definition) is 9. The molecule has 0 aromatic carbocycles. The van der Waals surface area contributed by atoms with Gasteiger partial charge in [0.05, 0.1) is 12.9 Å². The van der Waals surface area contributed by atoms with Crippen LogP contribution < -0.4 is 11.9 Å². The molecule has 3 saturated heterocycles. The third-order valence-electron chi connectivity index (χ3n) is 8.62. The predicted octanol–water partition coefficient (Wildman–Crippen LogP) is 2.98. The van der Waals surface area contributed by atoms with Crippen molar-refractivity contribution in [2.75, 3.05) is 65.3 Å². The summed E-state index contributed by atoms with van der Waals surface area (Å²) in [5.41, 5.74) is 5.59. The van der Waals surface area contributed by atoms with E-state index in [2.05, 4.69) is 70.1 Å². The molecule has 0 aromatic heterocycles. The van der Waals surface area contributed by atoms with E-state index < -0.39 is 10.1 Å². The Morgan fingerprint density at radius 1 is 0.711 bits per heavy atom. The maximum atomic E-state index is 10.8. The van der Waals surface area contributed by atoms with Crippen molar-refractivity contribution in [3.8, 4) is 0 Å². The summed E-state index contributed by atoms with van der Waals surface area (Å²) in [7, 11) is -3.28. The van der Waals surface area contributed by atoms with Crippen molar-refractivity contribution in [1.82, 2.24) is 20.9 Å². The van der Waals surface area contributed by atoms with Gasteiger partial charge >= 0.3 is 0 Å². The lowest BCUT2D eigenvalue weighted by atomic mass is 9.86. The van der Waals surface area contributed by atoms with Crippen molar-refractivity contribution in [3.05, 3.63) is 0 Å². The fourth-order valence-electron chi connectivity index (χ4n) is 4.70. The van der Waals surface area contributed by atoms with Crippen molar-refractivity contribution in [2.45, 2.75) is 80.4 Å². The third kappa shape index (κ3) is 12.9. The first-order chi connectivity index (χ1) is 17.1. The zero-order valence-corrected chi connectivity index (χ0v) is 27.1. The van der Waals surface area contributed by atoms with E-state index in [1.807, 2.05) is 6.92 Å². The average molecular weight is 566 g/mol. The van der Waals surface area contributed by atoms with Crippen LogP contribution in [-0.2, 0) is 14.3 Å². The molecule has 0 aliphatic carbocycles. The van der Waals surface area contributed by atoms with Gasteiger partial charge in [-0.2, -0.15) is 8.42 Å². The zero-order chi connectivity index (χ0) is 28.5. The number of nitrogens with two attached hydrogens (primary N) is 1. The van der Waals surface area contributed by atoms with Gasteiger partial charge in [0.15, 0.2) is 0 Å². The number of likely N-dealkylation sites (tertiary alicyclic amines) is 3. The Kier molecular flexibility index (Phi) is 17.3. The summed E-state index contributed by atoms with van der Waals surface area (Å²) in [6.45, 7) is 28.2. The van der Waals surface area contributed by atoms with Gasteiger partial charge in [-0.25, -0.2) is 0 Å². The van der Waals surface area contributed by atoms with Crippen LogP contribution in [-0.4, -0.2) is 112 Å². The minimum Gasteiger partial charge on any atom is -0.396 e. The van der Waals surface area contributed by atoms with E-state index in [0.29, 0.717) is 49.0 Å². The van der Waals surface area contributed by atoms with Crippen molar-refractivity contribution in [3.63, 3.8) is 0 Å². The lowest BCUT2D eigenvalue weighted by molar-refractivity contribution is 0.0182. The molecule has 3 fully saturated rings. The van der Waals surface area contributed by atoms with Crippen LogP contribution in [0.1, 0.15) is 62.3 Å². The molecule has 230 valence electrons. The van der Waals surface area contributed by atoms with E-state index in [1.165, 1.54) is 26.2 Å². The van der Waals surface area contributed by atoms with Gasteiger partial charge in [0, 0.05) is 64.0 Å². The first-order valence-corrected chi connectivity index (χ1v) is 16.3. The lowest BCUT2D eigenvalue weighted by Gasteiger charge is -2.44. The Balaban J connectivity index is 0.000000543. The maximum Gasteiger partial charge on any atom is 0.264 e. The third-order valence-corrected chi connectivity index (χ3v) is 9.19.